The van der Waals surface area contributed by atoms with Gasteiger partial charge in [0.25, 0.3) is 17.7 Å². The van der Waals surface area contributed by atoms with Gasteiger partial charge >= 0.3 is 0 Å². The van der Waals surface area contributed by atoms with Crippen LogP contribution in [0.15, 0.2) is 41.3 Å². The van der Waals surface area contributed by atoms with Gasteiger partial charge in [0.15, 0.2) is 0 Å². The van der Waals surface area contributed by atoms with E-state index in [2.05, 4.69) is 5.32 Å². The van der Waals surface area contributed by atoms with Crippen molar-refractivity contribution in [3.8, 4) is 0 Å². The highest BCUT2D eigenvalue weighted by Crippen LogP contribution is 2.27. The number of morpholine rings is 1. The second-order valence-corrected chi connectivity index (χ2v) is 9.39. The lowest BCUT2D eigenvalue weighted by Gasteiger charge is -2.26. The molecule has 2 heterocycles. The van der Waals surface area contributed by atoms with Crippen LogP contribution in [0.5, 0.6) is 0 Å². The van der Waals surface area contributed by atoms with Gasteiger partial charge in [-0.1, -0.05) is 11.6 Å². The molecule has 3 amide bonds. The summed E-state index contributed by atoms with van der Waals surface area (Å²) in [6, 6.07) is 8.26. The predicted molar refractivity (Wildman–Crippen MR) is 112 cm³/mol. The maximum atomic E-state index is 12.9. The third kappa shape index (κ3) is 3.83. The molecule has 0 bridgehead atoms. The molecule has 1 saturated heterocycles. The van der Waals surface area contributed by atoms with Crippen LogP contribution < -0.4 is 5.32 Å². The molecule has 1 fully saturated rings. The van der Waals surface area contributed by atoms with Crippen LogP contribution in [0.3, 0.4) is 0 Å². The first kappa shape index (κ1) is 21.4. The van der Waals surface area contributed by atoms with E-state index >= 15 is 0 Å². The van der Waals surface area contributed by atoms with Gasteiger partial charge in [-0.2, -0.15) is 4.31 Å². The van der Waals surface area contributed by atoms with E-state index in [0.29, 0.717) is 13.2 Å². The highest BCUT2D eigenvalue weighted by molar-refractivity contribution is 7.89. The average molecular weight is 464 g/mol. The van der Waals surface area contributed by atoms with Gasteiger partial charge < -0.3 is 10.1 Å². The van der Waals surface area contributed by atoms with Gasteiger partial charge in [0, 0.05) is 25.8 Å². The maximum Gasteiger partial charge on any atom is 0.261 e. The minimum absolute atomic E-state index is 0.0315. The van der Waals surface area contributed by atoms with Gasteiger partial charge in [0.1, 0.15) is 0 Å². The van der Waals surface area contributed by atoms with E-state index < -0.39 is 27.7 Å². The second-order valence-electron chi connectivity index (χ2n) is 7.04. The Morgan fingerprint density at radius 1 is 1.03 bits per heavy atom. The quantitative estimate of drug-likeness (QED) is 0.692. The molecule has 2 aliphatic heterocycles. The lowest BCUT2D eigenvalue weighted by molar-refractivity contribution is 0.0692. The average Bonchev–Trinajstić information content (AvgIpc) is 2.98. The van der Waals surface area contributed by atoms with Gasteiger partial charge in [0.05, 0.1) is 39.8 Å². The fourth-order valence-electron chi connectivity index (χ4n) is 3.41. The van der Waals surface area contributed by atoms with E-state index in [9.17, 15) is 22.8 Å². The van der Waals surface area contributed by atoms with E-state index in [4.69, 9.17) is 16.3 Å². The largest absolute Gasteiger partial charge is 0.379 e. The van der Waals surface area contributed by atoms with Crippen molar-refractivity contribution in [3.63, 3.8) is 0 Å². The Bertz CT molecular complexity index is 1210. The molecule has 4 rings (SSSR count). The number of nitrogens with zero attached hydrogens (tertiary/aromatic N) is 2. The van der Waals surface area contributed by atoms with Crippen molar-refractivity contribution < 1.29 is 27.5 Å². The van der Waals surface area contributed by atoms with Crippen LogP contribution >= 0.6 is 11.6 Å². The number of imide groups is 1. The van der Waals surface area contributed by atoms with Gasteiger partial charge in [-0.25, -0.2) is 8.42 Å². The molecule has 31 heavy (non-hydrogen) atoms. The summed E-state index contributed by atoms with van der Waals surface area (Å²) in [4.78, 5) is 37.9. The van der Waals surface area contributed by atoms with Crippen LogP contribution in [0.4, 0.5) is 5.69 Å². The Hall–Kier alpha value is -2.79. The molecule has 2 aromatic rings. The standard InChI is InChI=1S/C20H18ClN3O6S/c1-23-19(26)14-4-2-12(10-15(14)20(23)27)22-18(25)16-11-13(3-5-17(16)21)31(28,29)24-6-8-30-9-7-24/h2-5,10-11H,6-9H2,1H3,(H,22,25). The first-order valence-corrected chi connectivity index (χ1v) is 11.2. The van der Waals surface area contributed by atoms with Crippen LogP contribution in [0.1, 0.15) is 31.1 Å². The van der Waals surface area contributed by atoms with E-state index in [0.717, 1.165) is 4.90 Å². The molecular formula is C20H18ClN3O6S. The predicted octanol–water partition coefficient (Wildman–Crippen LogP) is 1.84. The molecule has 1 N–H and O–H groups in total. The number of sulfonamides is 1. The van der Waals surface area contributed by atoms with Crippen LogP contribution in [0.2, 0.25) is 5.02 Å². The Labute approximate surface area is 183 Å². The summed E-state index contributed by atoms with van der Waals surface area (Å²) in [7, 11) is -2.43. The third-order valence-corrected chi connectivity index (χ3v) is 7.36. The number of hydrogen-bond acceptors (Lipinski definition) is 6. The number of carbonyl (C=O) groups excluding carboxylic acids is 3. The number of fused-ring (bicyclic) bond motifs is 1. The number of hydrogen-bond donors (Lipinski definition) is 1. The summed E-state index contributed by atoms with van der Waals surface area (Å²) in [5.74, 6) is -1.52. The normalized spacial score (nSPS) is 17.0. The van der Waals surface area contributed by atoms with Crippen LogP contribution in [0.25, 0.3) is 0 Å². The Morgan fingerprint density at radius 2 is 1.71 bits per heavy atom. The molecule has 0 unspecified atom stereocenters. The van der Waals surface area contributed by atoms with E-state index in [1.54, 1.807) is 0 Å². The highest BCUT2D eigenvalue weighted by atomic mass is 35.5. The summed E-state index contributed by atoms with van der Waals surface area (Å²) in [5, 5.41) is 2.68. The number of rotatable bonds is 4. The first-order valence-electron chi connectivity index (χ1n) is 9.35. The van der Waals surface area contributed by atoms with Crippen LogP contribution in [-0.2, 0) is 14.8 Å². The number of anilines is 1. The lowest BCUT2D eigenvalue weighted by Crippen LogP contribution is -2.40. The smallest absolute Gasteiger partial charge is 0.261 e. The first-order chi connectivity index (χ1) is 14.7. The molecule has 0 aliphatic carbocycles. The molecule has 0 aromatic heterocycles. The monoisotopic (exact) mass is 463 g/mol. The summed E-state index contributed by atoms with van der Waals surface area (Å²) in [6.45, 7) is 1.05. The van der Waals surface area contributed by atoms with Gasteiger partial charge in [-0.3, -0.25) is 19.3 Å². The van der Waals surface area contributed by atoms with Crippen LogP contribution in [0, 0.1) is 0 Å². The van der Waals surface area contributed by atoms with Crippen molar-refractivity contribution in [2.75, 3.05) is 38.7 Å². The number of halogens is 1. The van der Waals surface area contributed by atoms with Gasteiger partial charge in [-0.05, 0) is 36.4 Å². The van der Waals surface area contributed by atoms with Crippen molar-refractivity contribution in [2.45, 2.75) is 4.90 Å². The maximum absolute atomic E-state index is 12.9. The summed E-state index contributed by atoms with van der Waals surface area (Å²) in [6.07, 6.45) is 0. The molecule has 0 spiro atoms. The van der Waals surface area contributed by atoms with Gasteiger partial charge in [0.2, 0.25) is 10.0 Å². The van der Waals surface area contributed by atoms with Crippen molar-refractivity contribution in [1.82, 2.24) is 9.21 Å². The van der Waals surface area contributed by atoms with Crippen molar-refractivity contribution >= 4 is 45.0 Å². The molecular weight excluding hydrogens is 446 g/mol. The molecule has 2 aromatic carbocycles. The Balaban J connectivity index is 1.61. The van der Waals surface area contributed by atoms with Crippen molar-refractivity contribution in [3.05, 3.63) is 58.1 Å². The van der Waals surface area contributed by atoms with E-state index in [1.807, 2.05) is 0 Å². The Morgan fingerprint density at radius 3 is 2.42 bits per heavy atom. The molecule has 0 saturated carbocycles. The van der Waals surface area contributed by atoms with Gasteiger partial charge in [-0.15, -0.1) is 0 Å². The van der Waals surface area contributed by atoms with Crippen LogP contribution in [-0.4, -0.2) is 68.7 Å². The zero-order valence-corrected chi connectivity index (χ0v) is 18.0. The third-order valence-electron chi connectivity index (χ3n) is 5.14. The zero-order valence-electron chi connectivity index (χ0n) is 16.4. The van der Waals surface area contributed by atoms with E-state index in [-0.39, 0.29) is 45.4 Å². The molecule has 2 aliphatic rings. The summed E-state index contributed by atoms with van der Waals surface area (Å²) < 4.78 is 32.2. The second kappa shape index (κ2) is 8.04. The SMILES string of the molecule is CN1C(=O)c2ccc(NC(=O)c3cc(S(=O)(=O)N4CCOCC4)ccc3Cl)cc2C1=O. The lowest BCUT2D eigenvalue weighted by atomic mass is 10.1. The fourth-order valence-corrected chi connectivity index (χ4v) is 5.05. The number of benzene rings is 2. The number of ether oxygens (including phenoxy) is 1. The molecule has 0 radical (unpaired) electrons. The Kier molecular flexibility index (Phi) is 5.56. The summed E-state index contributed by atoms with van der Waals surface area (Å²) >= 11 is 6.15. The molecule has 9 nitrogen and oxygen atoms in total. The number of amides is 3. The van der Waals surface area contributed by atoms with E-state index in [1.165, 1.54) is 47.8 Å². The molecule has 162 valence electrons. The topological polar surface area (TPSA) is 113 Å². The minimum Gasteiger partial charge on any atom is -0.379 e. The molecule has 11 heteroatoms. The fraction of sp³-hybridized carbons (Fsp3) is 0.250. The van der Waals surface area contributed by atoms with Crippen molar-refractivity contribution in [1.29, 1.82) is 0 Å². The molecule has 0 atom stereocenters. The zero-order chi connectivity index (χ0) is 22.3. The minimum atomic E-state index is -3.81. The highest BCUT2D eigenvalue weighted by Gasteiger charge is 2.33. The van der Waals surface area contributed by atoms with Crippen molar-refractivity contribution in [2.24, 2.45) is 0 Å². The number of nitrogens with one attached hydrogen (secondary N) is 1. The number of carbonyl (C=O) groups is 3. The summed E-state index contributed by atoms with van der Waals surface area (Å²) in [5.41, 5.74) is 0.677.